The Morgan fingerprint density at radius 1 is 1.12 bits per heavy atom. The highest BCUT2D eigenvalue weighted by Crippen LogP contribution is 2.47. The molecular formula is C30H31F6N5O2. The number of alkyl halides is 6. The molecule has 0 unspecified atom stereocenters. The molecule has 3 aliphatic rings. The molecule has 3 aromatic rings. The highest BCUT2D eigenvalue weighted by Gasteiger charge is 2.45. The molecule has 230 valence electrons. The van der Waals surface area contributed by atoms with E-state index in [1.807, 2.05) is 6.92 Å². The molecule has 1 aliphatic heterocycles. The molecule has 6 rings (SSSR count). The second-order valence-corrected chi connectivity index (χ2v) is 12.1. The first-order valence-electron chi connectivity index (χ1n) is 14.2. The summed E-state index contributed by atoms with van der Waals surface area (Å²) in [5.41, 5.74) is 0.461. The van der Waals surface area contributed by atoms with Gasteiger partial charge in [-0.25, -0.2) is 0 Å². The summed E-state index contributed by atoms with van der Waals surface area (Å²) in [6.07, 6.45) is -5.64. The summed E-state index contributed by atoms with van der Waals surface area (Å²) < 4.78 is 86.8. The summed E-state index contributed by atoms with van der Waals surface area (Å²) in [7, 11) is 1.73. The number of aromatic nitrogens is 3. The maximum Gasteiger partial charge on any atom is 0.522 e. The molecule has 7 nitrogen and oxygen atoms in total. The molecule has 2 fully saturated rings. The summed E-state index contributed by atoms with van der Waals surface area (Å²) in [5.74, 6) is -0.717. The Bertz CT molecular complexity index is 1520. The highest BCUT2D eigenvalue weighted by molar-refractivity contribution is 6.10. The SMILES string of the molecule is Cn1cnnc1[C@@H](c1cccc(N2Cc3c(cc(CNC4(C)CCC4)cc3C(F)(F)F)C2=O)c1)C1CC(OC(F)(F)F)C1. The fourth-order valence-corrected chi connectivity index (χ4v) is 6.49. The molecule has 2 heterocycles. The Morgan fingerprint density at radius 2 is 1.86 bits per heavy atom. The molecule has 0 spiro atoms. The number of hydrogen-bond donors (Lipinski definition) is 1. The van der Waals surface area contributed by atoms with Crippen LogP contribution in [0.15, 0.2) is 42.7 Å². The van der Waals surface area contributed by atoms with Crippen LogP contribution in [0.25, 0.3) is 0 Å². The Morgan fingerprint density at radius 3 is 2.47 bits per heavy atom. The topological polar surface area (TPSA) is 72.3 Å². The average Bonchev–Trinajstić information content (AvgIpc) is 3.46. The van der Waals surface area contributed by atoms with Crippen molar-refractivity contribution in [1.82, 2.24) is 20.1 Å². The van der Waals surface area contributed by atoms with Crippen molar-refractivity contribution < 1.29 is 35.9 Å². The summed E-state index contributed by atoms with van der Waals surface area (Å²) in [6, 6.07) is 9.48. The fourth-order valence-electron chi connectivity index (χ4n) is 6.49. The number of ether oxygens (including phenoxy) is 1. The van der Waals surface area contributed by atoms with Gasteiger partial charge in [-0.3, -0.25) is 9.53 Å². The number of hydrogen-bond acceptors (Lipinski definition) is 5. The molecule has 0 saturated heterocycles. The van der Waals surface area contributed by atoms with Crippen molar-refractivity contribution in [2.24, 2.45) is 13.0 Å². The largest absolute Gasteiger partial charge is 0.522 e. The van der Waals surface area contributed by atoms with E-state index in [4.69, 9.17) is 0 Å². The standard InChI is InChI=1S/C30H31F6N5O2/c1-28(7-4-8-28)37-14-17-9-22-23(24(10-17)29(31,32)33)15-41(27(22)42)20-6-3-5-18(11-20)25(26-39-38-16-40(26)2)19-12-21(13-19)43-30(34,35)36/h3,5-6,9-11,16,19,21,25,37H,4,7-8,12-15H2,1-2H3/t19?,21?,25-/m0/s1. The maximum atomic E-state index is 14.2. The van der Waals surface area contributed by atoms with E-state index in [1.165, 1.54) is 11.2 Å². The highest BCUT2D eigenvalue weighted by atomic mass is 19.4. The van der Waals surface area contributed by atoms with Gasteiger partial charge < -0.3 is 14.8 Å². The number of nitrogens with zero attached hydrogens (tertiary/aromatic N) is 4. The van der Waals surface area contributed by atoms with Crippen LogP contribution in [0.1, 0.15) is 83.4 Å². The van der Waals surface area contributed by atoms with Gasteiger partial charge in [0.25, 0.3) is 5.91 Å². The van der Waals surface area contributed by atoms with Gasteiger partial charge in [0.05, 0.1) is 18.2 Å². The van der Waals surface area contributed by atoms with Crippen LogP contribution in [0.3, 0.4) is 0 Å². The minimum atomic E-state index is -4.73. The van der Waals surface area contributed by atoms with Crippen molar-refractivity contribution in [2.45, 2.75) is 82.2 Å². The molecule has 1 N–H and O–H groups in total. The van der Waals surface area contributed by atoms with Crippen molar-refractivity contribution in [3.63, 3.8) is 0 Å². The minimum Gasteiger partial charge on any atom is -0.320 e. The maximum absolute atomic E-state index is 14.2. The van der Waals surface area contributed by atoms with Crippen LogP contribution in [0.4, 0.5) is 32.0 Å². The number of halogens is 6. The molecule has 1 aromatic heterocycles. The molecule has 2 aliphatic carbocycles. The second-order valence-electron chi connectivity index (χ2n) is 12.1. The third kappa shape index (κ3) is 5.88. The number of anilines is 1. The van der Waals surface area contributed by atoms with Crippen molar-refractivity contribution >= 4 is 11.6 Å². The third-order valence-electron chi connectivity index (χ3n) is 9.05. The van der Waals surface area contributed by atoms with Gasteiger partial charge in [-0.05, 0) is 85.9 Å². The number of fused-ring (bicyclic) bond motifs is 1. The van der Waals surface area contributed by atoms with Gasteiger partial charge in [-0.2, -0.15) is 13.2 Å². The van der Waals surface area contributed by atoms with E-state index in [-0.39, 0.29) is 48.5 Å². The van der Waals surface area contributed by atoms with Crippen molar-refractivity contribution in [2.75, 3.05) is 4.90 Å². The normalized spacial score (nSPS) is 22.2. The Kier molecular flexibility index (Phi) is 7.31. The summed E-state index contributed by atoms with van der Waals surface area (Å²) >= 11 is 0. The zero-order chi connectivity index (χ0) is 30.7. The number of benzene rings is 2. The first-order valence-corrected chi connectivity index (χ1v) is 14.2. The van der Waals surface area contributed by atoms with Gasteiger partial charge in [-0.15, -0.1) is 23.4 Å². The Hall–Kier alpha value is -3.45. The smallest absolute Gasteiger partial charge is 0.320 e. The predicted octanol–water partition coefficient (Wildman–Crippen LogP) is 6.47. The second kappa shape index (κ2) is 10.6. The van der Waals surface area contributed by atoms with E-state index < -0.39 is 36.0 Å². The molecule has 2 saturated carbocycles. The van der Waals surface area contributed by atoms with Crippen molar-refractivity contribution in [3.05, 3.63) is 76.4 Å². The van der Waals surface area contributed by atoms with Crippen LogP contribution >= 0.6 is 0 Å². The zero-order valence-electron chi connectivity index (χ0n) is 23.6. The first-order chi connectivity index (χ1) is 20.2. The molecule has 1 atom stereocenters. The quantitative estimate of drug-likeness (QED) is 0.297. The van der Waals surface area contributed by atoms with Crippen molar-refractivity contribution in [1.29, 1.82) is 0 Å². The summed E-state index contributed by atoms with van der Waals surface area (Å²) in [6.45, 7) is 2.00. The van der Waals surface area contributed by atoms with Crippen LogP contribution in [0.5, 0.6) is 0 Å². The van der Waals surface area contributed by atoms with E-state index in [2.05, 4.69) is 20.3 Å². The average molecular weight is 608 g/mol. The monoisotopic (exact) mass is 607 g/mol. The summed E-state index contributed by atoms with van der Waals surface area (Å²) in [4.78, 5) is 14.9. The predicted molar refractivity (Wildman–Crippen MR) is 144 cm³/mol. The lowest BCUT2D eigenvalue weighted by Gasteiger charge is -2.40. The Balaban J connectivity index is 1.29. The van der Waals surface area contributed by atoms with E-state index in [0.717, 1.165) is 25.3 Å². The third-order valence-corrected chi connectivity index (χ3v) is 9.05. The molecule has 43 heavy (non-hydrogen) atoms. The van der Waals surface area contributed by atoms with Crippen molar-refractivity contribution in [3.8, 4) is 0 Å². The summed E-state index contributed by atoms with van der Waals surface area (Å²) in [5, 5.41) is 11.5. The number of nitrogens with one attached hydrogen (secondary N) is 1. The number of carbonyl (C=O) groups is 1. The molecule has 1 amide bonds. The Labute approximate surface area is 244 Å². The van der Waals surface area contributed by atoms with Crippen LogP contribution in [0, 0.1) is 5.92 Å². The van der Waals surface area contributed by atoms with Gasteiger partial charge in [0.2, 0.25) is 0 Å². The first kappa shape index (κ1) is 29.6. The lowest BCUT2D eigenvalue weighted by Crippen LogP contribution is -2.47. The van der Waals surface area contributed by atoms with Gasteiger partial charge in [-0.1, -0.05) is 12.1 Å². The molecule has 0 radical (unpaired) electrons. The lowest BCUT2D eigenvalue weighted by molar-refractivity contribution is -0.354. The number of amides is 1. The van der Waals surface area contributed by atoms with E-state index in [9.17, 15) is 31.1 Å². The van der Waals surface area contributed by atoms with E-state index in [0.29, 0.717) is 22.6 Å². The lowest BCUT2D eigenvalue weighted by atomic mass is 9.70. The van der Waals surface area contributed by atoms with Crippen LogP contribution in [-0.2, 0) is 31.1 Å². The van der Waals surface area contributed by atoms with Crippen LogP contribution in [-0.4, -0.2) is 38.7 Å². The zero-order valence-corrected chi connectivity index (χ0v) is 23.6. The number of carbonyl (C=O) groups excluding carboxylic acids is 1. The van der Waals surface area contributed by atoms with Gasteiger partial charge >= 0.3 is 12.5 Å². The van der Waals surface area contributed by atoms with Crippen LogP contribution in [0.2, 0.25) is 0 Å². The van der Waals surface area contributed by atoms with Gasteiger partial charge in [0, 0.05) is 36.3 Å². The molecule has 2 aromatic carbocycles. The number of aryl methyl sites for hydroxylation is 1. The van der Waals surface area contributed by atoms with Gasteiger partial charge in [0.15, 0.2) is 0 Å². The molecule has 13 heteroatoms. The fraction of sp³-hybridized carbons (Fsp3) is 0.500. The molecule has 0 bridgehead atoms. The molecular weight excluding hydrogens is 576 g/mol. The number of rotatable bonds is 8. The van der Waals surface area contributed by atoms with E-state index >= 15 is 0 Å². The van der Waals surface area contributed by atoms with Gasteiger partial charge in [0.1, 0.15) is 12.2 Å². The minimum absolute atomic E-state index is 0.0202. The van der Waals surface area contributed by atoms with Crippen LogP contribution < -0.4 is 10.2 Å². The van der Waals surface area contributed by atoms with E-state index in [1.54, 1.807) is 41.9 Å².